The quantitative estimate of drug-likeness (QED) is 0.871. The van der Waals surface area contributed by atoms with Crippen LogP contribution in [-0.2, 0) is 10.0 Å². The van der Waals surface area contributed by atoms with Gasteiger partial charge in [0.2, 0.25) is 10.0 Å². The molecule has 0 saturated heterocycles. The van der Waals surface area contributed by atoms with E-state index in [1.807, 2.05) is 35.7 Å². The van der Waals surface area contributed by atoms with Crippen LogP contribution in [0.4, 0.5) is 5.69 Å². The van der Waals surface area contributed by atoms with Gasteiger partial charge in [-0.15, -0.1) is 11.3 Å². The van der Waals surface area contributed by atoms with Gasteiger partial charge in [0, 0.05) is 10.4 Å². The lowest BCUT2D eigenvalue weighted by Gasteiger charge is -2.09. The molecule has 17 heavy (non-hydrogen) atoms. The molecule has 0 aliphatic rings. The van der Waals surface area contributed by atoms with E-state index >= 15 is 0 Å². The maximum Gasteiger partial charge on any atom is 0.242 e. The van der Waals surface area contributed by atoms with Gasteiger partial charge in [-0.3, -0.25) is 4.72 Å². The van der Waals surface area contributed by atoms with Gasteiger partial charge in [0.1, 0.15) is 4.66 Å². The van der Waals surface area contributed by atoms with Crippen molar-refractivity contribution in [2.24, 2.45) is 0 Å². The van der Waals surface area contributed by atoms with Crippen LogP contribution < -0.4 is 4.72 Å². The highest BCUT2D eigenvalue weighted by Crippen LogP contribution is 2.31. The zero-order valence-electron chi connectivity index (χ0n) is 8.76. The van der Waals surface area contributed by atoms with Gasteiger partial charge in [-0.05, 0) is 17.5 Å². The lowest BCUT2D eigenvalue weighted by Crippen LogP contribution is -2.13. The van der Waals surface area contributed by atoms with Crippen LogP contribution in [0.3, 0.4) is 0 Å². The topological polar surface area (TPSA) is 46.2 Å². The van der Waals surface area contributed by atoms with Crippen molar-refractivity contribution in [3.8, 4) is 10.4 Å². The molecule has 0 radical (unpaired) electrons. The van der Waals surface area contributed by atoms with E-state index in [0.717, 1.165) is 10.4 Å². The molecular weight excluding hydrogens is 322 g/mol. The second-order valence-corrected chi connectivity index (χ2v) is 7.32. The zero-order valence-corrected chi connectivity index (χ0v) is 12.0. The van der Waals surface area contributed by atoms with Gasteiger partial charge in [0.05, 0.1) is 5.69 Å². The summed E-state index contributed by atoms with van der Waals surface area (Å²) in [5.74, 6) is 0. The van der Waals surface area contributed by atoms with Crippen LogP contribution >= 0.6 is 27.3 Å². The molecule has 0 unspecified atom stereocenters. The smallest absolute Gasteiger partial charge is 0.242 e. The second kappa shape index (κ2) is 5.20. The number of halogens is 1. The minimum absolute atomic E-state index is 0.112. The molecule has 6 heteroatoms. The number of benzene rings is 1. The fraction of sp³-hybridized carbons (Fsp3) is 0.0909. The zero-order chi connectivity index (χ0) is 12.3. The number of nitrogens with one attached hydrogen (secondary N) is 1. The minimum Gasteiger partial charge on any atom is -0.282 e. The number of thiophene rings is 1. The van der Waals surface area contributed by atoms with Gasteiger partial charge in [-0.1, -0.05) is 40.2 Å². The minimum atomic E-state index is -3.31. The summed E-state index contributed by atoms with van der Waals surface area (Å²) in [4.78, 5) is 1.04. The van der Waals surface area contributed by atoms with E-state index < -0.39 is 10.0 Å². The molecular formula is C11H10BrNO2S2. The largest absolute Gasteiger partial charge is 0.282 e. The van der Waals surface area contributed by atoms with E-state index in [4.69, 9.17) is 0 Å². The molecule has 1 N–H and O–H groups in total. The molecule has 1 heterocycles. The number of para-hydroxylation sites is 1. The highest BCUT2D eigenvalue weighted by molar-refractivity contribution is 9.10. The fourth-order valence-corrected chi connectivity index (χ4v) is 3.09. The molecule has 2 rings (SSSR count). The Morgan fingerprint density at radius 3 is 2.59 bits per heavy atom. The van der Waals surface area contributed by atoms with Crippen molar-refractivity contribution in [1.82, 2.24) is 0 Å². The Bertz CT molecular complexity index is 594. The molecule has 90 valence electrons. The first-order valence-corrected chi connectivity index (χ1v) is 8.47. The molecule has 0 bridgehead atoms. The summed E-state index contributed by atoms with van der Waals surface area (Å²) in [5.41, 5.74) is 1.50. The molecule has 0 aliphatic carbocycles. The predicted molar refractivity (Wildman–Crippen MR) is 76.1 cm³/mol. The van der Waals surface area contributed by atoms with Gasteiger partial charge < -0.3 is 0 Å². The van der Waals surface area contributed by atoms with Crippen molar-refractivity contribution in [1.29, 1.82) is 0 Å². The van der Waals surface area contributed by atoms with Crippen LogP contribution in [0.2, 0.25) is 0 Å². The first-order valence-electron chi connectivity index (χ1n) is 4.82. The Hall–Kier alpha value is -0.850. The van der Waals surface area contributed by atoms with E-state index in [2.05, 4.69) is 20.7 Å². The van der Waals surface area contributed by atoms with Crippen molar-refractivity contribution in [3.05, 3.63) is 41.8 Å². The second-order valence-electron chi connectivity index (χ2n) is 3.35. The molecule has 0 atom stereocenters. The molecule has 3 nitrogen and oxygen atoms in total. The van der Waals surface area contributed by atoms with Gasteiger partial charge in [0.25, 0.3) is 0 Å². The summed E-state index contributed by atoms with van der Waals surface area (Å²) in [6, 6.07) is 11.3. The number of hydrogen-bond donors (Lipinski definition) is 1. The summed E-state index contributed by atoms with van der Waals surface area (Å²) < 4.78 is 25.5. The van der Waals surface area contributed by atoms with Crippen molar-refractivity contribution in [3.63, 3.8) is 0 Å². The third kappa shape index (κ3) is 3.08. The van der Waals surface area contributed by atoms with Gasteiger partial charge >= 0.3 is 0 Å². The Morgan fingerprint density at radius 1 is 1.18 bits per heavy atom. The van der Waals surface area contributed by atoms with Gasteiger partial charge in [0.15, 0.2) is 0 Å². The SMILES string of the molecule is O=S(=O)(CBr)Nc1ccccc1-c1cccs1. The number of sulfonamides is 1. The van der Waals surface area contributed by atoms with E-state index in [1.165, 1.54) is 0 Å². The summed E-state index contributed by atoms with van der Waals surface area (Å²) in [6.45, 7) is 0. The maximum atomic E-state index is 11.5. The van der Waals surface area contributed by atoms with E-state index in [0.29, 0.717) is 5.69 Å². The number of rotatable bonds is 4. The summed E-state index contributed by atoms with van der Waals surface area (Å²) >= 11 is 4.53. The third-order valence-electron chi connectivity index (χ3n) is 2.12. The average Bonchev–Trinajstić information content (AvgIpc) is 2.83. The third-order valence-corrected chi connectivity index (χ3v) is 5.65. The van der Waals surface area contributed by atoms with Crippen molar-refractivity contribution in [2.45, 2.75) is 0 Å². The maximum absolute atomic E-state index is 11.5. The monoisotopic (exact) mass is 331 g/mol. The van der Waals surface area contributed by atoms with Crippen LogP contribution in [-0.4, -0.2) is 13.1 Å². The molecule has 0 amide bonds. The molecule has 0 aliphatic heterocycles. The van der Waals surface area contributed by atoms with E-state index in [1.54, 1.807) is 17.4 Å². The molecule has 0 saturated carbocycles. The molecule has 0 fully saturated rings. The van der Waals surface area contributed by atoms with Gasteiger partial charge in [-0.2, -0.15) is 0 Å². The fourth-order valence-electron chi connectivity index (χ4n) is 1.41. The van der Waals surface area contributed by atoms with Crippen LogP contribution in [0.15, 0.2) is 41.8 Å². The van der Waals surface area contributed by atoms with Crippen LogP contribution in [0.25, 0.3) is 10.4 Å². The van der Waals surface area contributed by atoms with Crippen LogP contribution in [0, 0.1) is 0 Å². The normalized spacial score (nSPS) is 11.4. The lowest BCUT2D eigenvalue weighted by molar-refractivity contribution is 0.606. The number of hydrogen-bond acceptors (Lipinski definition) is 3. The average molecular weight is 332 g/mol. The Labute approximate surface area is 113 Å². The van der Waals surface area contributed by atoms with E-state index in [9.17, 15) is 8.42 Å². The Balaban J connectivity index is 2.42. The number of anilines is 1. The standard InChI is InChI=1S/C11H10BrNO2S2/c12-8-17(14,15)13-10-5-2-1-4-9(10)11-6-3-7-16-11/h1-7,13H,8H2. The van der Waals surface area contributed by atoms with Crippen molar-refractivity contribution in [2.75, 3.05) is 9.38 Å². The number of alkyl halides is 1. The molecule has 2 aromatic rings. The Morgan fingerprint density at radius 2 is 1.94 bits per heavy atom. The summed E-state index contributed by atoms with van der Waals surface area (Å²) in [6.07, 6.45) is 0. The van der Waals surface area contributed by atoms with Crippen molar-refractivity contribution >= 4 is 43.0 Å². The first-order chi connectivity index (χ1) is 8.12. The van der Waals surface area contributed by atoms with E-state index in [-0.39, 0.29) is 4.66 Å². The van der Waals surface area contributed by atoms with Crippen LogP contribution in [0.5, 0.6) is 0 Å². The van der Waals surface area contributed by atoms with Crippen molar-refractivity contribution < 1.29 is 8.42 Å². The van der Waals surface area contributed by atoms with Crippen LogP contribution in [0.1, 0.15) is 0 Å². The highest BCUT2D eigenvalue weighted by atomic mass is 79.9. The molecule has 0 spiro atoms. The first kappa shape index (κ1) is 12.6. The van der Waals surface area contributed by atoms with Gasteiger partial charge in [-0.25, -0.2) is 8.42 Å². The Kier molecular flexibility index (Phi) is 3.86. The summed E-state index contributed by atoms with van der Waals surface area (Å²) in [5, 5.41) is 1.96. The predicted octanol–water partition coefficient (Wildman–Crippen LogP) is 3.51. The lowest BCUT2D eigenvalue weighted by atomic mass is 10.1. The highest BCUT2D eigenvalue weighted by Gasteiger charge is 2.12. The molecule has 1 aromatic heterocycles. The molecule has 1 aromatic carbocycles. The summed E-state index contributed by atoms with van der Waals surface area (Å²) in [7, 11) is -3.31.